The number of hydrazone groups is 1. The Morgan fingerprint density at radius 3 is 2.19 bits per heavy atom. The van der Waals surface area contributed by atoms with Gasteiger partial charge in [-0.05, 0) is 54.1 Å². The SMILES string of the molecule is C=CCOc1ccc(/C=N\NC(=O)Cn2c3ccccc3c(=O)c3ccccc32)cc1. The molecule has 0 fully saturated rings. The number of nitrogens with one attached hydrogen (secondary N) is 1. The van der Waals surface area contributed by atoms with Crippen LogP contribution in [-0.4, -0.2) is 23.3 Å². The molecule has 1 amide bonds. The number of fused-ring (bicyclic) bond motifs is 2. The molecular formula is C25H21N3O3. The van der Waals surface area contributed by atoms with Crippen molar-refractivity contribution in [2.24, 2.45) is 5.10 Å². The molecule has 1 heterocycles. The number of carbonyl (C=O) groups is 1. The summed E-state index contributed by atoms with van der Waals surface area (Å²) < 4.78 is 7.28. The molecule has 1 N–H and O–H groups in total. The van der Waals surface area contributed by atoms with Crippen LogP contribution < -0.4 is 15.6 Å². The summed E-state index contributed by atoms with van der Waals surface area (Å²) in [7, 11) is 0. The largest absolute Gasteiger partial charge is 0.490 e. The molecule has 0 radical (unpaired) electrons. The van der Waals surface area contributed by atoms with E-state index in [1.54, 1.807) is 24.4 Å². The van der Waals surface area contributed by atoms with E-state index in [1.807, 2.05) is 65.2 Å². The molecular weight excluding hydrogens is 390 g/mol. The van der Waals surface area contributed by atoms with Gasteiger partial charge in [0.05, 0.1) is 17.2 Å². The van der Waals surface area contributed by atoms with Gasteiger partial charge in [0.2, 0.25) is 0 Å². The van der Waals surface area contributed by atoms with Crippen molar-refractivity contribution in [3.05, 3.63) is 101 Å². The summed E-state index contributed by atoms with van der Waals surface area (Å²) in [5.74, 6) is 0.444. The summed E-state index contributed by atoms with van der Waals surface area (Å²) >= 11 is 0. The lowest BCUT2D eigenvalue weighted by Crippen LogP contribution is -2.25. The summed E-state index contributed by atoms with van der Waals surface area (Å²) in [4.78, 5) is 25.4. The molecule has 6 nitrogen and oxygen atoms in total. The van der Waals surface area contributed by atoms with Crippen LogP contribution in [0.25, 0.3) is 21.8 Å². The normalized spacial score (nSPS) is 11.1. The lowest BCUT2D eigenvalue weighted by Gasteiger charge is -2.14. The zero-order valence-electron chi connectivity index (χ0n) is 16.8. The maximum atomic E-state index is 12.8. The maximum absolute atomic E-state index is 12.8. The number of nitrogens with zero attached hydrogens (tertiary/aromatic N) is 2. The summed E-state index contributed by atoms with van der Waals surface area (Å²) in [6.07, 6.45) is 3.25. The highest BCUT2D eigenvalue weighted by Gasteiger charge is 2.12. The highest BCUT2D eigenvalue weighted by Crippen LogP contribution is 2.19. The van der Waals surface area contributed by atoms with Gasteiger partial charge in [-0.1, -0.05) is 36.9 Å². The van der Waals surface area contributed by atoms with Gasteiger partial charge in [0.25, 0.3) is 5.91 Å². The van der Waals surface area contributed by atoms with E-state index in [9.17, 15) is 9.59 Å². The van der Waals surface area contributed by atoms with Gasteiger partial charge < -0.3 is 9.30 Å². The van der Waals surface area contributed by atoms with Crippen molar-refractivity contribution in [2.45, 2.75) is 6.54 Å². The average molecular weight is 411 g/mol. The van der Waals surface area contributed by atoms with Crippen molar-refractivity contribution in [1.29, 1.82) is 0 Å². The molecule has 154 valence electrons. The molecule has 0 saturated heterocycles. The first kappa shape index (κ1) is 20.1. The lowest BCUT2D eigenvalue weighted by molar-refractivity contribution is -0.121. The predicted octanol–water partition coefficient (Wildman–Crippen LogP) is 3.87. The number of ether oxygens (including phenoxy) is 1. The third-order valence-electron chi connectivity index (χ3n) is 4.83. The molecule has 0 aliphatic heterocycles. The number of aromatic nitrogens is 1. The Morgan fingerprint density at radius 2 is 1.58 bits per heavy atom. The van der Waals surface area contributed by atoms with Crippen LogP contribution in [-0.2, 0) is 11.3 Å². The van der Waals surface area contributed by atoms with Crippen LogP contribution in [0.5, 0.6) is 5.75 Å². The smallest absolute Gasteiger partial charge is 0.260 e. The van der Waals surface area contributed by atoms with Crippen LogP contribution >= 0.6 is 0 Å². The fourth-order valence-electron chi connectivity index (χ4n) is 3.41. The molecule has 1 aromatic heterocycles. The van der Waals surface area contributed by atoms with E-state index in [2.05, 4.69) is 17.1 Å². The molecule has 0 unspecified atom stereocenters. The maximum Gasteiger partial charge on any atom is 0.260 e. The summed E-state index contributed by atoms with van der Waals surface area (Å²) in [5.41, 5.74) is 4.76. The number of rotatable bonds is 7. The Bertz CT molecular complexity index is 1280. The summed E-state index contributed by atoms with van der Waals surface area (Å²) in [6.45, 7) is 4.09. The monoisotopic (exact) mass is 411 g/mol. The predicted molar refractivity (Wildman–Crippen MR) is 124 cm³/mol. The number of benzene rings is 3. The molecule has 0 bridgehead atoms. The second-order valence-corrected chi connectivity index (χ2v) is 6.91. The van der Waals surface area contributed by atoms with E-state index < -0.39 is 0 Å². The Hall–Kier alpha value is -4.19. The molecule has 31 heavy (non-hydrogen) atoms. The minimum absolute atomic E-state index is 0.0347. The van der Waals surface area contributed by atoms with E-state index in [4.69, 9.17) is 4.74 Å². The fraction of sp³-hybridized carbons (Fsp3) is 0.0800. The van der Waals surface area contributed by atoms with Crippen molar-refractivity contribution >= 4 is 33.9 Å². The Labute approximate surface area is 179 Å². The number of pyridine rings is 1. The Kier molecular flexibility index (Phi) is 5.89. The number of hydrogen-bond acceptors (Lipinski definition) is 4. The van der Waals surface area contributed by atoms with Gasteiger partial charge in [0.15, 0.2) is 5.43 Å². The van der Waals surface area contributed by atoms with Gasteiger partial charge in [-0.3, -0.25) is 9.59 Å². The first-order valence-corrected chi connectivity index (χ1v) is 9.83. The average Bonchev–Trinajstić information content (AvgIpc) is 2.81. The second kappa shape index (κ2) is 9.09. The van der Waals surface area contributed by atoms with Crippen molar-refractivity contribution in [2.75, 3.05) is 6.61 Å². The van der Waals surface area contributed by atoms with Crippen LogP contribution in [0, 0.1) is 0 Å². The van der Waals surface area contributed by atoms with Crippen LogP contribution in [0.4, 0.5) is 0 Å². The van der Waals surface area contributed by atoms with Gasteiger partial charge in [0.1, 0.15) is 18.9 Å². The highest BCUT2D eigenvalue weighted by atomic mass is 16.5. The van der Waals surface area contributed by atoms with Gasteiger partial charge in [-0.15, -0.1) is 0 Å². The van der Waals surface area contributed by atoms with Crippen molar-refractivity contribution in [1.82, 2.24) is 9.99 Å². The molecule has 3 aromatic carbocycles. The van der Waals surface area contributed by atoms with Gasteiger partial charge >= 0.3 is 0 Å². The Morgan fingerprint density at radius 1 is 0.968 bits per heavy atom. The molecule has 0 atom stereocenters. The fourth-order valence-corrected chi connectivity index (χ4v) is 3.41. The van der Waals surface area contributed by atoms with E-state index >= 15 is 0 Å². The van der Waals surface area contributed by atoms with Gasteiger partial charge in [-0.2, -0.15) is 5.10 Å². The summed E-state index contributed by atoms with van der Waals surface area (Å²) in [5, 5.41) is 5.21. The molecule has 0 aliphatic rings. The zero-order chi connectivity index (χ0) is 21.6. The van der Waals surface area contributed by atoms with E-state index in [1.165, 1.54) is 0 Å². The van der Waals surface area contributed by atoms with E-state index in [0.717, 1.165) is 11.3 Å². The number of para-hydroxylation sites is 2. The van der Waals surface area contributed by atoms with Crippen molar-refractivity contribution < 1.29 is 9.53 Å². The van der Waals surface area contributed by atoms with E-state index in [0.29, 0.717) is 28.4 Å². The molecule has 6 heteroatoms. The molecule has 0 spiro atoms. The number of hydrogen-bond donors (Lipinski definition) is 1. The zero-order valence-corrected chi connectivity index (χ0v) is 16.8. The van der Waals surface area contributed by atoms with Crippen LogP contribution in [0.3, 0.4) is 0 Å². The molecule has 0 saturated carbocycles. The molecule has 0 aliphatic carbocycles. The minimum Gasteiger partial charge on any atom is -0.490 e. The third-order valence-corrected chi connectivity index (χ3v) is 4.83. The Balaban J connectivity index is 1.53. The van der Waals surface area contributed by atoms with Gasteiger partial charge in [0, 0.05) is 10.8 Å². The number of carbonyl (C=O) groups excluding carboxylic acids is 1. The third kappa shape index (κ3) is 4.38. The van der Waals surface area contributed by atoms with Crippen LogP contribution in [0.2, 0.25) is 0 Å². The standard InChI is InChI=1S/C25H21N3O3/c1-2-15-31-19-13-11-18(12-14-19)16-26-27-24(29)17-28-22-9-5-3-7-20(22)25(30)21-8-4-6-10-23(21)28/h2-14,16H,1,15,17H2,(H,27,29)/b26-16-. The second-order valence-electron chi connectivity index (χ2n) is 6.91. The first-order valence-electron chi connectivity index (χ1n) is 9.83. The van der Waals surface area contributed by atoms with Crippen molar-refractivity contribution in [3.8, 4) is 5.75 Å². The topological polar surface area (TPSA) is 72.7 Å². The first-order chi connectivity index (χ1) is 15.2. The van der Waals surface area contributed by atoms with Crippen molar-refractivity contribution in [3.63, 3.8) is 0 Å². The summed E-state index contributed by atoms with van der Waals surface area (Å²) in [6, 6.07) is 21.9. The highest BCUT2D eigenvalue weighted by molar-refractivity contribution is 5.95. The molecule has 4 aromatic rings. The number of amides is 1. The molecule has 4 rings (SSSR count). The van der Waals surface area contributed by atoms with Gasteiger partial charge in [-0.25, -0.2) is 5.43 Å². The minimum atomic E-state index is -0.291. The van der Waals surface area contributed by atoms with E-state index in [-0.39, 0.29) is 17.9 Å². The quantitative estimate of drug-likeness (QED) is 0.217. The van der Waals surface area contributed by atoms with Crippen LogP contribution in [0.15, 0.2) is 95.3 Å². The lowest BCUT2D eigenvalue weighted by atomic mass is 10.1. The van der Waals surface area contributed by atoms with Crippen LogP contribution in [0.1, 0.15) is 5.56 Å².